The van der Waals surface area contributed by atoms with Crippen LogP contribution in [0, 0.1) is 6.92 Å². The summed E-state index contributed by atoms with van der Waals surface area (Å²) in [5, 5.41) is 3.35. The van der Waals surface area contributed by atoms with Crippen LogP contribution in [0.1, 0.15) is 22.5 Å². The van der Waals surface area contributed by atoms with Crippen molar-refractivity contribution in [1.29, 1.82) is 0 Å². The highest BCUT2D eigenvalue weighted by atomic mass is 15.1. The van der Waals surface area contributed by atoms with E-state index in [-0.39, 0.29) is 0 Å². The molecule has 0 amide bonds. The molecular formula is C14H17N3. The van der Waals surface area contributed by atoms with Crippen LogP contribution in [0.5, 0.6) is 0 Å². The summed E-state index contributed by atoms with van der Waals surface area (Å²) in [6, 6.07) is 8.68. The highest BCUT2D eigenvalue weighted by molar-refractivity contribution is 5.24. The predicted molar refractivity (Wildman–Crippen MR) is 67.9 cm³/mol. The molecule has 0 saturated carbocycles. The number of nitrogens with zero attached hydrogens (tertiary/aromatic N) is 2. The molecule has 2 heterocycles. The minimum absolute atomic E-state index is 0.913. The largest absolute Gasteiger partial charge is 0.330 e. The fourth-order valence-corrected chi connectivity index (χ4v) is 2.44. The number of benzene rings is 1. The van der Waals surface area contributed by atoms with Gasteiger partial charge in [0.1, 0.15) is 0 Å². The van der Waals surface area contributed by atoms with Crippen molar-refractivity contribution < 1.29 is 0 Å². The van der Waals surface area contributed by atoms with Crippen LogP contribution in [0.3, 0.4) is 0 Å². The van der Waals surface area contributed by atoms with Crippen LogP contribution in [0.4, 0.5) is 0 Å². The van der Waals surface area contributed by atoms with Gasteiger partial charge in [0.2, 0.25) is 0 Å². The standard InChI is InChI=1S/C14H17N3/c1-11-3-2-4-12(7-11)9-17-10-16-13-8-15-6-5-14(13)17/h2-4,7,10,15H,5-6,8-9H2,1H3. The van der Waals surface area contributed by atoms with Gasteiger partial charge in [-0.1, -0.05) is 29.8 Å². The van der Waals surface area contributed by atoms with Crippen molar-refractivity contribution in [1.82, 2.24) is 14.9 Å². The summed E-state index contributed by atoms with van der Waals surface area (Å²) in [7, 11) is 0. The summed E-state index contributed by atoms with van der Waals surface area (Å²) in [5.41, 5.74) is 5.27. The van der Waals surface area contributed by atoms with Crippen LogP contribution in [0.2, 0.25) is 0 Å². The van der Waals surface area contributed by atoms with Gasteiger partial charge in [0, 0.05) is 31.7 Å². The van der Waals surface area contributed by atoms with E-state index in [2.05, 4.69) is 46.1 Å². The van der Waals surface area contributed by atoms with E-state index in [1.807, 2.05) is 6.33 Å². The molecule has 0 unspecified atom stereocenters. The third-order valence-electron chi connectivity index (χ3n) is 3.30. The van der Waals surface area contributed by atoms with Gasteiger partial charge in [0.25, 0.3) is 0 Å². The van der Waals surface area contributed by atoms with Crippen LogP contribution in [-0.2, 0) is 19.5 Å². The second-order valence-corrected chi connectivity index (χ2v) is 4.68. The third-order valence-corrected chi connectivity index (χ3v) is 3.30. The van der Waals surface area contributed by atoms with E-state index < -0.39 is 0 Å². The van der Waals surface area contributed by atoms with E-state index in [4.69, 9.17) is 0 Å². The van der Waals surface area contributed by atoms with Crippen LogP contribution < -0.4 is 5.32 Å². The lowest BCUT2D eigenvalue weighted by atomic mass is 10.1. The molecule has 0 atom stereocenters. The number of imidazole rings is 1. The molecule has 0 fully saturated rings. The van der Waals surface area contributed by atoms with E-state index in [0.717, 1.165) is 26.1 Å². The average molecular weight is 227 g/mol. The Hall–Kier alpha value is -1.61. The average Bonchev–Trinajstić information content (AvgIpc) is 2.73. The number of rotatable bonds is 2. The molecule has 0 radical (unpaired) electrons. The quantitative estimate of drug-likeness (QED) is 0.849. The normalized spacial score (nSPS) is 14.6. The van der Waals surface area contributed by atoms with Crippen molar-refractivity contribution in [3.8, 4) is 0 Å². The first kappa shape index (κ1) is 10.5. The molecule has 1 aromatic heterocycles. The molecular weight excluding hydrogens is 210 g/mol. The zero-order chi connectivity index (χ0) is 11.7. The topological polar surface area (TPSA) is 29.9 Å². The zero-order valence-electron chi connectivity index (χ0n) is 10.1. The molecule has 0 saturated heterocycles. The number of nitrogens with one attached hydrogen (secondary N) is 1. The van der Waals surface area contributed by atoms with Crippen LogP contribution in [-0.4, -0.2) is 16.1 Å². The molecule has 3 heteroatoms. The van der Waals surface area contributed by atoms with E-state index in [1.165, 1.54) is 22.5 Å². The number of hydrogen-bond acceptors (Lipinski definition) is 2. The number of fused-ring (bicyclic) bond motifs is 1. The summed E-state index contributed by atoms with van der Waals surface area (Å²) >= 11 is 0. The van der Waals surface area contributed by atoms with Gasteiger partial charge in [-0.3, -0.25) is 0 Å². The Morgan fingerprint density at radius 3 is 3.24 bits per heavy atom. The second-order valence-electron chi connectivity index (χ2n) is 4.68. The summed E-state index contributed by atoms with van der Waals surface area (Å²) in [6.45, 7) is 5.05. The first-order valence-electron chi connectivity index (χ1n) is 6.12. The lowest BCUT2D eigenvalue weighted by Crippen LogP contribution is -2.25. The molecule has 2 aromatic rings. The summed E-state index contributed by atoms with van der Waals surface area (Å²) in [4.78, 5) is 4.48. The molecule has 0 bridgehead atoms. The first-order chi connectivity index (χ1) is 8.33. The SMILES string of the molecule is Cc1cccc(Cn2cnc3c2CCNC3)c1. The number of aryl methyl sites for hydroxylation is 1. The minimum atomic E-state index is 0.913. The van der Waals surface area contributed by atoms with Crippen molar-refractivity contribution >= 4 is 0 Å². The van der Waals surface area contributed by atoms with Gasteiger partial charge in [-0.15, -0.1) is 0 Å². The van der Waals surface area contributed by atoms with Gasteiger partial charge >= 0.3 is 0 Å². The Kier molecular flexibility index (Phi) is 2.69. The number of hydrogen-bond donors (Lipinski definition) is 1. The van der Waals surface area contributed by atoms with Gasteiger partial charge in [-0.2, -0.15) is 0 Å². The van der Waals surface area contributed by atoms with Crippen molar-refractivity contribution in [2.24, 2.45) is 0 Å². The molecule has 3 nitrogen and oxygen atoms in total. The zero-order valence-corrected chi connectivity index (χ0v) is 10.1. The lowest BCUT2D eigenvalue weighted by Gasteiger charge is -2.15. The molecule has 17 heavy (non-hydrogen) atoms. The van der Waals surface area contributed by atoms with Gasteiger partial charge < -0.3 is 9.88 Å². The Bertz CT molecular complexity index is 528. The molecule has 0 spiro atoms. The Balaban J connectivity index is 1.88. The van der Waals surface area contributed by atoms with Crippen molar-refractivity contribution in [2.75, 3.05) is 6.54 Å². The Labute approximate surface area is 101 Å². The van der Waals surface area contributed by atoms with E-state index in [0.29, 0.717) is 0 Å². The fraction of sp³-hybridized carbons (Fsp3) is 0.357. The predicted octanol–water partition coefficient (Wildman–Crippen LogP) is 1.89. The van der Waals surface area contributed by atoms with Crippen molar-refractivity contribution in [3.05, 3.63) is 53.1 Å². The fourth-order valence-electron chi connectivity index (χ4n) is 2.44. The monoisotopic (exact) mass is 227 g/mol. The summed E-state index contributed by atoms with van der Waals surface area (Å²) in [6.07, 6.45) is 3.06. The summed E-state index contributed by atoms with van der Waals surface area (Å²) in [5.74, 6) is 0. The van der Waals surface area contributed by atoms with Crippen molar-refractivity contribution in [3.63, 3.8) is 0 Å². The smallest absolute Gasteiger partial charge is 0.0955 e. The maximum Gasteiger partial charge on any atom is 0.0955 e. The first-order valence-corrected chi connectivity index (χ1v) is 6.12. The van der Waals surface area contributed by atoms with Gasteiger partial charge in [0.05, 0.1) is 12.0 Å². The molecule has 1 aromatic carbocycles. The number of aromatic nitrogens is 2. The molecule has 1 aliphatic rings. The molecule has 3 rings (SSSR count). The minimum Gasteiger partial charge on any atom is -0.330 e. The van der Waals surface area contributed by atoms with Crippen LogP contribution in [0.15, 0.2) is 30.6 Å². The van der Waals surface area contributed by atoms with Crippen LogP contribution >= 0.6 is 0 Å². The van der Waals surface area contributed by atoms with E-state index in [9.17, 15) is 0 Å². The highest BCUT2D eigenvalue weighted by Gasteiger charge is 2.14. The molecule has 1 aliphatic heterocycles. The van der Waals surface area contributed by atoms with E-state index >= 15 is 0 Å². The second kappa shape index (κ2) is 4.34. The molecule has 88 valence electrons. The van der Waals surface area contributed by atoms with Gasteiger partial charge in [-0.05, 0) is 12.5 Å². The van der Waals surface area contributed by atoms with Gasteiger partial charge in [0.15, 0.2) is 0 Å². The maximum absolute atomic E-state index is 4.48. The van der Waals surface area contributed by atoms with E-state index in [1.54, 1.807) is 0 Å². The van der Waals surface area contributed by atoms with Crippen LogP contribution in [0.25, 0.3) is 0 Å². The molecule has 0 aliphatic carbocycles. The Morgan fingerprint density at radius 1 is 1.41 bits per heavy atom. The van der Waals surface area contributed by atoms with Crippen molar-refractivity contribution in [2.45, 2.75) is 26.4 Å². The third kappa shape index (κ3) is 2.11. The Morgan fingerprint density at radius 2 is 2.35 bits per heavy atom. The lowest BCUT2D eigenvalue weighted by molar-refractivity contribution is 0.602. The molecule has 1 N–H and O–H groups in total. The maximum atomic E-state index is 4.48. The van der Waals surface area contributed by atoms with Gasteiger partial charge in [-0.25, -0.2) is 4.98 Å². The highest BCUT2D eigenvalue weighted by Crippen LogP contribution is 2.14. The summed E-state index contributed by atoms with van der Waals surface area (Å²) < 4.78 is 2.28.